The fourth-order valence-corrected chi connectivity index (χ4v) is 5.53. The molecule has 2 saturated heterocycles. The molecule has 198 valence electrons. The van der Waals surface area contributed by atoms with Gasteiger partial charge in [-0.3, -0.25) is 14.5 Å². The highest BCUT2D eigenvalue weighted by atomic mass is 35.5. The normalized spacial score (nSPS) is 18.8. The zero-order valence-electron chi connectivity index (χ0n) is 21.2. The van der Waals surface area contributed by atoms with Crippen molar-refractivity contribution in [1.82, 2.24) is 19.8 Å². The molecule has 0 bridgehead atoms. The fraction of sp³-hybridized carbons (Fsp3) is 0.481. The second kappa shape index (κ2) is 13.8. The van der Waals surface area contributed by atoms with Gasteiger partial charge in [-0.25, -0.2) is 9.97 Å². The number of carbonyl (C=O) groups is 2. The summed E-state index contributed by atoms with van der Waals surface area (Å²) in [6.07, 6.45) is 5.91. The van der Waals surface area contributed by atoms with Crippen LogP contribution in [0.1, 0.15) is 25.3 Å². The molecule has 0 spiro atoms. The van der Waals surface area contributed by atoms with Gasteiger partial charge in [0.25, 0.3) is 0 Å². The van der Waals surface area contributed by atoms with Crippen LogP contribution in [0.25, 0.3) is 6.08 Å². The van der Waals surface area contributed by atoms with E-state index in [0.717, 1.165) is 51.4 Å². The minimum Gasteiger partial charge on any atom is -0.466 e. The molecule has 2 aromatic rings. The summed E-state index contributed by atoms with van der Waals surface area (Å²) in [5.74, 6) is 0.500. The van der Waals surface area contributed by atoms with Crippen molar-refractivity contribution in [3.63, 3.8) is 0 Å². The van der Waals surface area contributed by atoms with Crippen molar-refractivity contribution in [2.24, 2.45) is 5.92 Å². The first kappa shape index (κ1) is 27.4. The number of nitrogens with zero attached hydrogens (tertiary/aromatic N) is 5. The van der Waals surface area contributed by atoms with Gasteiger partial charge in [-0.1, -0.05) is 65.8 Å². The van der Waals surface area contributed by atoms with Crippen molar-refractivity contribution in [3.8, 4) is 0 Å². The lowest BCUT2D eigenvalue weighted by atomic mass is 9.98. The Hall–Kier alpha value is -2.62. The third-order valence-electron chi connectivity index (χ3n) is 6.55. The smallest absolute Gasteiger partial charge is 0.310 e. The molecular weight excluding hydrogens is 510 g/mol. The first-order valence-corrected chi connectivity index (χ1v) is 14.2. The third-order valence-corrected chi connectivity index (χ3v) is 7.58. The number of esters is 1. The van der Waals surface area contributed by atoms with Crippen LogP contribution >= 0.6 is 23.4 Å². The molecule has 4 rings (SSSR count). The summed E-state index contributed by atoms with van der Waals surface area (Å²) in [4.78, 5) is 40.3. The average Bonchev–Trinajstić information content (AvgIpc) is 2.92. The molecule has 1 unspecified atom stereocenters. The number of ether oxygens (including phenoxy) is 1. The number of benzene rings is 1. The van der Waals surface area contributed by atoms with E-state index in [1.54, 1.807) is 17.9 Å². The molecule has 1 amide bonds. The first-order valence-electron chi connectivity index (χ1n) is 12.8. The third kappa shape index (κ3) is 8.18. The Morgan fingerprint density at radius 2 is 1.92 bits per heavy atom. The van der Waals surface area contributed by atoms with E-state index in [1.807, 2.05) is 18.2 Å². The van der Waals surface area contributed by atoms with Crippen LogP contribution in [-0.2, 0) is 14.3 Å². The lowest BCUT2D eigenvalue weighted by Crippen LogP contribution is -2.46. The Kier molecular flexibility index (Phi) is 10.2. The van der Waals surface area contributed by atoms with E-state index in [9.17, 15) is 9.59 Å². The number of piperazine rings is 1. The zero-order chi connectivity index (χ0) is 26.0. The van der Waals surface area contributed by atoms with Gasteiger partial charge in [0.2, 0.25) is 5.91 Å². The SMILES string of the molecule is CCOC(=O)C1CCCN(C(=O)CSc2nc(Cl)cc(N3CCN(C/C=C/c4ccccc4)CC3)n2)C1. The molecular formula is C27H34ClN5O3S. The number of halogens is 1. The number of piperidine rings is 1. The topological polar surface area (TPSA) is 78.9 Å². The lowest BCUT2D eigenvalue weighted by Gasteiger charge is -2.35. The summed E-state index contributed by atoms with van der Waals surface area (Å²) < 4.78 is 5.14. The molecule has 8 nitrogen and oxygen atoms in total. The predicted octanol–water partition coefficient (Wildman–Crippen LogP) is 3.86. The quantitative estimate of drug-likeness (QED) is 0.204. The number of aromatic nitrogens is 2. The molecule has 0 aliphatic carbocycles. The number of carbonyl (C=O) groups excluding carboxylic acids is 2. The molecule has 3 heterocycles. The van der Waals surface area contributed by atoms with Gasteiger partial charge < -0.3 is 14.5 Å². The van der Waals surface area contributed by atoms with Crippen LogP contribution < -0.4 is 4.90 Å². The van der Waals surface area contributed by atoms with Crippen LogP contribution in [0.5, 0.6) is 0 Å². The van der Waals surface area contributed by atoms with E-state index in [2.05, 4.69) is 44.1 Å². The highest BCUT2D eigenvalue weighted by Crippen LogP contribution is 2.24. The number of hydrogen-bond donors (Lipinski definition) is 0. The Labute approximate surface area is 228 Å². The molecule has 0 N–H and O–H groups in total. The number of anilines is 1. The molecule has 2 aliphatic rings. The van der Waals surface area contributed by atoms with Gasteiger partial charge in [0.05, 0.1) is 18.3 Å². The molecule has 1 atom stereocenters. The van der Waals surface area contributed by atoms with Gasteiger partial charge in [0.15, 0.2) is 5.16 Å². The van der Waals surface area contributed by atoms with Crippen molar-refractivity contribution >= 4 is 47.1 Å². The van der Waals surface area contributed by atoms with E-state index in [1.165, 1.54) is 17.3 Å². The molecule has 1 aromatic carbocycles. The van der Waals surface area contributed by atoms with Crippen molar-refractivity contribution in [2.45, 2.75) is 24.9 Å². The summed E-state index contributed by atoms with van der Waals surface area (Å²) in [5.41, 5.74) is 1.21. The van der Waals surface area contributed by atoms with E-state index in [4.69, 9.17) is 16.3 Å². The Bertz CT molecular complexity index is 1080. The van der Waals surface area contributed by atoms with Crippen LogP contribution in [0.4, 0.5) is 5.82 Å². The van der Waals surface area contributed by atoms with Crippen LogP contribution in [-0.4, -0.2) is 89.8 Å². The molecule has 0 saturated carbocycles. The van der Waals surface area contributed by atoms with Gasteiger partial charge in [-0.2, -0.15) is 0 Å². The van der Waals surface area contributed by atoms with Gasteiger partial charge in [0.1, 0.15) is 11.0 Å². The summed E-state index contributed by atoms with van der Waals surface area (Å²) in [6.45, 7) is 7.67. The average molecular weight is 544 g/mol. The maximum absolute atomic E-state index is 12.8. The number of rotatable bonds is 9. The largest absolute Gasteiger partial charge is 0.466 e. The minimum atomic E-state index is -0.246. The van der Waals surface area contributed by atoms with Crippen LogP contribution in [0.2, 0.25) is 5.15 Å². The fourth-order valence-electron chi connectivity index (χ4n) is 4.55. The van der Waals surface area contributed by atoms with Crippen molar-refractivity contribution in [3.05, 3.63) is 53.2 Å². The van der Waals surface area contributed by atoms with E-state index in [-0.39, 0.29) is 23.5 Å². The van der Waals surface area contributed by atoms with E-state index >= 15 is 0 Å². The second-order valence-corrected chi connectivity index (χ2v) is 10.5. The van der Waals surface area contributed by atoms with E-state index < -0.39 is 0 Å². The summed E-state index contributed by atoms with van der Waals surface area (Å²) >= 11 is 7.60. The Morgan fingerprint density at radius 3 is 2.68 bits per heavy atom. The molecule has 10 heteroatoms. The summed E-state index contributed by atoms with van der Waals surface area (Å²) in [6, 6.07) is 12.1. The molecule has 1 aromatic heterocycles. The maximum atomic E-state index is 12.8. The van der Waals surface area contributed by atoms with Crippen LogP contribution in [0, 0.1) is 5.92 Å². The number of amides is 1. The molecule has 2 fully saturated rings. The monoisotopic (exact) mass is 543 g/mol. The minimum absolute atomic E-state index is 0.0266. The van der Waals surface area contributed by atoms with Gasteiger partial charge in [-0.15, -0.1) is 0 Å². The molecule has 37 heavy (non-hydrogen) atoms. The number of likely N-dealkylation sites (tertiary alicyclic amines) is 1. The highest BCUT2D eigenvalue weighted by Gasteiger charge is 2.29. The maximum Gasteiger partial charge on any atom is 0.310 e. The number of thioether (sulfide) groups is 1. The lowest BCUT2D eigenvalue weighted by molar-refractivity contribution is -0.151. The van der Waals surface area contributed by atoms with Gasteiger partial charge in [-0.05, 0) is 25.3 Å². The predicted molar refractivity (Wildman–Crippen MR) is 148 cm³/mol. The van der Waals surface area contributed by atoms with E-state index in [0.29, 0.717) is 30.0 Å². The first-order chi connectivity index (χ1) is 18.0. The van der Waals surface area contributed by atoms with Crippen molar-refractivity contribution in [1.29, 1.82) is 0 Å². The van der Waals surface area contributed by atoms with Gasteiger partial charge in [0, 0.05) is 51.9 Å². The standard InChI is InChI=1S/C27H34ClN5O3S/c1-2-36-26(35)22-11-7-13-33(19-22)25(34)20-37-27-29-23(28)18-24(30-27)32-16-14-31(15-17-32)12-6-10-21-8-4-3-5-9-21/h3-6,8-10,18,22H,2,7,11-17,19-20H2,1H3/b10-6+. The second-order valence-electron chi connectivity index (χ2n) is 9.15. The van der Waals surface area contributed by atoms with Crippen LogP contribution in [0.3, 0.4) is 0 Å². The Morgan fingerprint density at radius 1 is 1.14 bits per heavy atom. The molecule has 2 aliphatic heterocycles. The summed E-state index contributed by atoms with van der Waals surface area (Å²) in [7, 11) is 0. The van der Waals surface area contributed by atoms with Gasteiger partial charge >= 0.3 is 5.97 Å². The highest BCUT2D eigenvalue weighted by molar-refractivity contribution is 7.99. The summed E-state index contributed by atoms with van der Waals surface area (Å²) in [5, 5.41) is 0.858. The Balaban J connectivity index is 1.26. The van der Waals surface area contributed by atoms with Crippen molar-refractivity contribution < 1.29 is 14.3 Å². The van der Waals surface area contributed by atoms with Crippen molar-refractivity contribution in [2.75, 3.05) is 63.1 Å². The van der Waals surface area contributed by atoms with Crippen LogP contribution in [0.15, 0.2) is 47.6 Å². The zero-order valence-corrected chi connectivity index (χ0v) is 22.8. The molecule has 0 radical (unpaired) electrons. The number of hydrogen-bond acceptors (Lipinski definition) is 8.